The van der Waals surface area contributed by atoms with Crippen LogP contribution in [0.3, 0.4) is 0 Å². The Labute approximate surface area is 155 Å². The molecule has 136 valence electrons. The Hall–Kier alpha value is -2.15. The van der Waals surface area contributed by atoms with Gasteiger partial charge in [-0.05, 0) is 25.0 Å². The van der Waals surface area contributed by atoms with Gasteiger partial charge in [-0.1, -0.05) is 26.0 Å². The van der Waals surface area contributed by atoms with Crippen LogP contribution in [0.1, 0.15) is 44.6 Å². The van der Waals surface area contributed by atoms with Crippen molar-refractivity contribution in [2.75, 3.05) is 5.75 Å². The first kappa shape index (κ1) is 17.3. The summed E-state index contributed by atoms with van der Waals surface area (Å²) < 4.78 is 0. The van der Waals surface area contributed by atoms with Crippen molar-refractivity contribution < 1.29 is 14.8 Å². The molecular formula is C19H20N2O4S. The van der Waals surface area contributed by atoms with Crippen molar-refractivity contribution >= 4 is 28.9 Å². The standard InChI is InChI=1S/C19H20N2O4S/c1-19(2)8-6-11-15(18(19)23)14(17-12(20-11)7-9-26-17)10-4-3-5-13(16(10)22)21(24)25/h3-5,14,17,22H,6-9H2,1-2H3. The molecule has 1 aromatic carbocycles. The van der Waals surface area contributed by atoms with Gasteiger partial charge in [0.25, 0.3) is 0 Å². The van der Waals surface area contributed by atoms with Gasteiger partial charge >= 0.3 is 5.69 Å². The fourth-order valence-corrected chi connectivity index (χ4v) is 5.56. The van der Waals surface area contributed by atoms with Gasteiger partial charge in [0.1, 0.15) is 0 Å². The van der Waals surface area contributed by atoms with Crippen molar-refractivity contribution in [3.05, 3.63) is 45.1 Å². The Morgan fingerprint density at radius 1 is 1.35 bits per heavy atom. The van der Waals surface area contributed by atoms with Crippen LogP contribution in [0.2, 0.25) is 0 Å². The molecule has 7 heteroatoms. The number of phenolic OH excluding ortho intramolecular Hbond substituents is 1. The molecule has 0 saturated carbocycles. The topological polar surface area (TPSA) is 92.8 Å². The highest BCUT2D eigenvalue weighted by Crippen LogP contribution is 2.52. The zero-order valence-electron chi connectivity index (χ0n) is 14.7. The van der Waals surface area contributed by atoms with E-state index in [1.807, 2.05) is 13.8 Å². The van der Waals surface area contributed by atoms with Crippen molar-refractivity contribution in [1.82, 2.24) is 0 Å². The Bertz CT molecular complexity index is 888. The second kappa shape index (κ2) is 5.94. The van der Waals surface area contributed by atoms with E-state index in [9.17, 15) is 20.0 Å². The lowest BCUT2D eigenvalue weighted by Crippen LogP contribution is -2.38. The summed E-state index contributed by atoms with van der Waals surface area (Å²) in [7, 11) is 0. The summed E-state index contributed by atoms with van der Waals surface area (Å²) in [5.41, 5.74) is 2.14. The second-order valence-electron chi connectivity index (χ2n) is 7.67. The first-order valence-corrected chi connectivity index (χ1v) is 9.79. The van der Waals surface area contributed by atoms with Gasteiger partial charge in [0.15, 0.2) is 11.5 Å². The van der Waals surface area contributed by atoms with Crippen LogP contribution in [0.4, 0.5) is 5.69 Å². The molecule has 1 N–H and O–H groups in total. The molecule has 1 aromatic rings. The normalized spacial score (nSPS) is 27.0. The number of nitro benzene ring substituents is 1. The number of benzene rings is 1. The fraction of sp³-hybridized carbons (Fsp3) is 0.474. The Balaban J connectivity index is 1.93. The molecule has 1 fully saturated rings. The number of aromatic hydroxyl groups is 1. The molecule has 2 atom stereocenters. The van der Waals surface area contributed by atoms with E-state index < -0.39 is 10.3 Å². The smallest absolute Gasteiger partial charge is 0.311 e. The van der Waals surface area contributed by atoms with Gasteiger partial charge in [0, 0.05) is 39.9 Å². The van der Waals surface area contributed by atoms with E-state index in [0.29, 0.717) is 11.1 Å². The predicted molar refractivity (Wildman–Crippen MR) is 101 cm³/mol. The van der Waals surface area contributed by atoms with E-state index in [4.69, 9.17) is 4.99 Å². The van der Waals surface area contributed by atoms with Crippen LogP contribution in [-0.4, -0.2) is 32.5 Å². The highest BCUT2D eigenvalue weighted by Gasteiger charge is 2.48. The number of hydrogen-bond acceptors (Lipinski definition) is 6. The van der Waals surface area contributed by atoms with Crippen LogP contribution in [0.25, 0.3) is 0 Å². The Morgan fingerprint density at radius 2 is 2.12 bits per heavy atom. The number of nitrogens with zero attached hydrogens (tertiary/aromatic N) is 2. The molecule has 6 nitrogen and oxygen atoms in total. The molecule has 0 amide bonds. The quantitative estimate of drug-likeness (QED) is 0.626. The van der Waals surface area contributed by atoms with E-state index in [1.54, 1.807) is 23.9 Å². The number of rotatable bonds is 2. The average Bonchev–Trinajstić information content (AvgIpc) is 3.05. The molecule has 0 bridgehead atoms. The summed E-state index contributed by atoms with van der Waals surface area (Å²) in [5, 5.41) is 21.8. The predicted octanol–water partition coefficient (Wildman–Crippen LogP) is 3.99. The number of nitro groups is 1. The van der Waals surface area contributed by atoms with Crippen LogP contribution in [0.15, 0.2) is 34.5 Å². The van der Waals surface area contributed by atoms with E-state index >= 15 is 0 Å². The number of fused-ring (bicyclic) bond motifs is 1. The average molecular weight is 372 g/mol. The third kappa shape index (κ3) is 2.48. The highest BCUT2D eigenvalue weighted by atomic mass is 32.2. The van der Waals surface area contributed by atoms with Crippen LogP contribution >= 0.6 is 11.8 Å². The number of aliphatic imine (C=N–C) groups is 1. The molecule has 1 aliphatic carbocycles. The number of ketones is 1. The summed E-state index contributed by atoms with van der Waals surface area (Å²) in [6, 6.07) is 4.58. The van der Waals surface area contributed by atoms with Crippen LogP contribution < -0.4 is 0 Å². The number of Topliss-reactive ketones (excluding diaryl/α,β-unsaturated/α-hetero) is 1. The van der Waals surface area contributed by atoms with Gasteiger partial charge in [-0.15, -0.1) is 0 Å². The van der Waals surface area contributed by atoms with E-state index in [2.05, 4.69) is 0 Å². The van der Waals surface area contributed by atoms with Gasteiger partial charge in [-0.2, -0.15) is 11.8 Å². The SMILES string of the molecule is CC1(C)CCC2=C(C1=O)C(c1cccc([N+](=O)[O-])c1O)C1SCCC1=N2. The summed E-state index contributed by atoms with van der Waals surface area (Å²) >= 11 is 1.71. The van der Waals surface area contributed by atoms with Crippen LogP contribution in [0.5, 0.6) is 5.75 Å². The van der Waals surface area contributed by atoms with Crippen molar-refractivity contribution in [2.24, 2.45) is 10.4 Å². The minimum absolute atomic E-state index is 0.0421. The number of carbonyl (C=O) groups is 1. The monoisotopic (exact) mass is 372 g/mol. The van der Waals surface area contributed by atoms with Crippen LogP contribution in [-0.2, 0) is 4.79 Å². The van der Waals surface area contributed by atoms with Crippen molar-refractivity contribution in [3.8, 4) is 5.75 Å². The largest absolute Gasteiger partial charge is 0.502 e. The van der Waals surface area contributed by atoms with Crippen molar-refractivity contribution in [3.63, 3.8) is 0 Å². The van der Waals surface area contributed by atoms with Gasteiger partial charge in [-0.3, -0.25) is 19.9 Å². The third-order valence-corrected chi connectivity index (χ3v) is 6.95. The summed E-state index contributed by atoms with van der Waals surface area (Å²) in [4.78, 5) is 28.7. The zero-order valence-corrected chi connectivity index (χ0v) is 15.5. The van der Waals surface area contributed by atoms with E-state index in [0.717, 1.165) is 36.4 Å². The number of thioether (sulfide) groups is 1. The molecule has 4 rings (SSSR count). The molecule has 3 aliphatic rings. The molecular weight excluding hydrogens is 352 g/mol. The van der Waals surface area contributed by atoms with Gasteiger partial charge in [0.05, 0.1) is 10.2 Å². The molecule has 0 radical (unpaired) electrons. The number of phenols is 1. The molecule has 1 saturated heterocycles. The maximum atomic E-state index is 13.2. The zero-order chi connectivity index (χ0) is 18.6. The Kier molecular flexibility index (Phi) is 3.95. The molecule has 26 heavy (non-hydrogen) atoms. The minimum atomic E-state index is -0.583. The molecule has 0 spiro atoms. The second-order valence-corrected chi connectivity index (χ2v) is 8.92. The first-order valence-electron chi connectivity index (χ1n) is 8.74. The first-order chi connectivity index (χ1) is 12.3. The molecule has 2 unspecified atom stereocenters. The maximum absolute atomic E-state index is 13.2. The Morgan fingerprint density at radius 3 is 2.85 bits per heavy atom. The number of allylic oxidation sites excluding steroid dienone is 2. The van der Waals surface area contributed by atoms with Crippen molar-refractivity contribution in [1.29, 1.82) is 0 Å². The summed E-state index contributed by atoms with van der Waals surface area (Å²) in [6.07, 6.45) is 2.32. The molecule has 0 aromatic heterocycles. The highest BCUT2D eigenvalue weighted by molar-refractivity contribution is 8.01. The van der Waals surface area contributed by atoms with Gasteiger partial charge in [0.2, 0.25) is 0 Å². The minimum Gasteiger partial charge on any atom is -0.502 e. The number of carbonyl (C=O) groups excluding carboxylic acids is 1. The number of para-hydroxylation sites is 1. The van der Waals surface area contributed by atoms with Crippen LogP contribution in [0, 0.1) is 15.5 Å². The summed E-state index contributed by atoms with van der Waals surface area (Å²) in [6.45, 7) is 3.87. The third-order valence-electron chi connectivity index (χ3n) is 5.61. The van der Waals surface area contributed by atoms with Gasteiger partial charge in [-0.25, -0.2) is 0 Å². The van der Waals surface area contributed by atoms with Crippen molar-refractivity contribution in [2.45, 2.75) is 44.3 Å². The lowest BCUT2D eigenvalue weighted by Gasteiger charge is -2.38. The fourth-order valence-electron chi connectivity index (χ4n) is 4.14. The lowest BCUT2D eigenvalue weighted by atomic mass is 9.68. The van der Waals surface area contributed by atoms with E-state index in [-0.39, 0.29) is 28.4 Å². The molecule has 2 heterocycles. The summed E-state index contributed by atoms with van der Waals surface area (Å²) in [5.74, 6) is 0.245. The molecule has 2 aliphatic heterocycles. The lowest BCUT2D eigenvalue weighted by molar-refractivity contribution is -0.385. The van der Waals surface area contributed by atoms with E-state index in [1.165, 1.54) is 6.07 Å². The van der Waals surface area contributed by atoms with Gasteiger partial charge < -0.3 is 5.11 Å². The number of hydrogen-bond donors (Lipinski definition) is 1. The maximum Gasteiger partial charge on any atom is 0.311 e.